The third kappa shape index (κ3) is 2.02. The lowest BCUT2D eigenvalue weighted by Gasteiger charge is -2.11. The van der Waals surface area contributed by atoms with Gasteiger partial charge in [-0.15, -0.1) is 0 Å². The minimum atomic E-state index is -0.0528. The van der Waals surface area contributed by atoms with E-state index < -0.39 is 0 Å². The third-order valence-electron chi connectivity index (χ3n) is 2.74. The molecule has 0 spiro atoms. The Hall–Kier alpha value is -0.570. The zero-order valence-electron chi connectivity index (χ0n) is 7.99. The molecule has 3 heteroatoms. The summed E-state index contributed by atoms with van der Waals surface area (Å²) in [5, 5.41) is 0. The fraction of sp³-hybridized carbons (Fsp3) is 0.900. The summed E-state index contributed by atoms with van der Waals surface area (Å²) in [5.74, 6) is -0.0528. The predicted octanol–water partition coefficient (Wildman–Crippen LogP) is 1.65. The van der Waals surface area contributed by atoms with E-state index in [-0.39, 0.29) is 18.2 Å². The molecule has 3 unspecified atom stereocenters. The monoisotopic (exact) mass is 184 g/mol. The van der Waals surface area contributed by atoms with Crippen molar-refractivity contribution >= 4 is 5.97 Å². The maximum absolute atomic E-state index is 11.2. The number of rotatable bonds is 4. The third-order valence-corrected chi connectivity index (χ3v) is 2.74. The first-order chi connectivity index (χ1) is 6.31. The lowest BCUT2D eigenvalue weighted by Crippen LogP contribution is -2.20. The van der Waals surface area contributed by atoms with E-state index in [0.29, 0.717) is 12.5 Å². The number of esters is 1. The number of carbonyl (C=O) groups is 1. The first-order valence-electron chi connectivity index (χ1n) is 5.16. The number of epoxide rings is 1. The van der Waals surface area contributed by atoms with Gasteiger partial charge in [0.2, 0.25) is 0 Å². The highest BCUT2D eigenvalue weighted by atomic mass is 16.6. The van der Waals surface area contributed by atoms with E-state index in [2.05, 4.69) is 6.92 Å². The van der Waals surface area contributed by atoms with Gasteiger partial charge in [-0.2, -0.15) is 0 Å². The summed E-state index contributed by atoms with van der Waals surface area (Å²) in [6, 6.07) is 0. The van der Waals surface area contributed by atoms with Crippen LogP contribution in [0.15, 0.2) is 0 Å². The van der Waals surface area contributed by atoms with Crippen LogP contribution in [0, 0.1) is 0 Å². The summed E-state index contributed by atoms with van der Waals surface area (Å²) in [4.78, 5) is 11.2. The van der Waals surface area contributed by atoms with Gasteiger partial charge in [0.25, 0.3) is 0 Å². The van der Waals surface area contributed by atoms with Crippen LogP contribution in [0.1, 0.15) is 39.0 Å². The van der Waals surface area contributed by atoms with Crippen molar-refractivity contribution in [2.75, 3.05) is 0 Å². The second kappa shape index (κ2) is 3.66. The Kier molecular flexibility index (Phi) is 2.54. The second-order valence-corrected chi connectivity index (χ2v) is 3.85. The van der Waals surface area contributed by atoms with Gasteiger partial charge in [-0.25, -0.2) is 0 Å². The molecule has 2 rings (SSSR count). The lowest BCUT2D eigenvalue weighted by atomic mass is 10.2. The van der Waals surface area contributed by atoms with Gasteiger partial charge in [0, 0.05) is 6.42 Å². The van der Waals surface area contributed by atoms with Crippen LogP contribution in [0.25, 0.3) is 0 Å². The van der Waals surface area contributed by atoms with Crippen molar-refractivity contribution in [2.45, 2.75) is 57.3 Å². The summed E-state index contributed by atoms with van der Waals surface area (Å²) in [6.45, 7) is 2.07. The van der Waals surface area contributed by atoms with E-state index in [1.165, 1.54) is 0 Å². The minimum absolute atomic E-state index is 0.0528. The normalized spacial score (nSPS) is 35.6. The molecular weight excluding hydrogens is 168 g/mol. The molecule has 0 N–H and O–H groups in total. The van der Waals surface area contributed by atoms with Crippen molar-refractivity contribution in [1.29, 1.82) is 0 Å². The Morgan fingerprint density at radius 3 is 2.92 bits per heavy atom. The molecule has 0 bridgehead atoms. The summed E-state index contributed by atoms with van der Waals surface area (Å²) < 4.78 is 10.6. The van der Waals surface area contributed by atoms with E-state index >= 15 is 0 Å². The molecule has 3 nitrogen and oxygen atoms in total. The number of hydrogen-bond donors (Lipinski definition) is 0. The van der Waals surface area contributed by atoms with Gasteiger partial charge in [-0.3, -0.25) is 4.79 Å². The van der Waals surface area contributed by atoms with Crippen molar-refractivity contribution in [3.63, 3.8) is 0 Å². The van der Waals surface area contributed by atoms with Crippen LogP contribution >= 0.6 is 0 Å². The molecule has 0 aromatic rings. The molecule has 1 heterocycles. The average Bonchev–Trinajstić information content (AvgIpc) is 2.81. The number of fused-ring (bicyclic) bond motifs is 1. The van der Waals surface area contributed by atoms with Gasteiger partial charge in [0.15, 0.2) is 0 Å². The number of unbranched alkanes of at least 4 members (excludes halogenated alkanes) is 1. The van der Waals surface area contributed by atoms with E-state index in [4.69, 9.17) is 9.47 Å². The van der Waals surface area contributed by atoms with Crippen molar-refractivity contribution < 1.29 is 14.3 Å². The fourth-order valence-electron chi connectivity index (χ4n) is 1.88. The molecule has 2 fully saturated rings. The summed E-state index contributed by atoms with van der Waals surface area (Å²) in [7, 11) is 0. The van der Waals surface area contributed by atoms with Crippen LogP contribution in [0.3, 0.4) is 0 Å². The Bertz CT molecular complexity index is 202. The molecule has 1 saturated heterocycles. The largest absolute Gasteiger partial charge is 0.459 e. The molecule has 0 aromatic heterocycles. The van der Waals surface area contributed by atoms with Crippen LogP contribution in [-0.2, 0) is 14.3 Å². The molecule has 1 aliphatic carbocycles. The lowest BCUT2D eigenvalue weighted by molar-refractivity contribution is -0.150. The van der Waals surface area contributed by atoms with Crippen molar-refractivity contribution in [1.82, 2.24) is 0 Å². The second-order valence-electron chi connectivity index (χ2n) is 3.85. The maximum Gasteiger partial charge on any atom is 0.306 e. The summed E-state index contributed by atoms with van der Waals surface area (Å²) in [6.07, 6.45) is 5.31. The zero-order chi connectivity index (χ0) is 9.26. The number of ether oxygens (including phenoxy) is 2. The first kappa shape index (κ1) is 9.00. The Morgan fingerprint density at radius 2 is 2.38 bits per heavy atom. The Morgan fingerprint density at radius 1 is 1.54 bits per heavy atom. The van der Waals surface area contributed by atoms with Gasteiger partial charge >= 0.3 is 5.97 Å². The van der Waals surface area contributed by atoms with Crippen LogP contribution < -0.4 is 0 Å². The zero-order valence-corrected chi connectivity index (χ0v) is 7.99. The van der Waals surface area contributed by atoms with E-state index in [1.807, 2.05) is 0 Å². The molecule has 13 heavy (non-hydrogen) atoms. The molecule has 0 aromatic carbocycles. The Labute approximate surface area is 78.4 Å². The highest BCUT2D eigenvalue weighted by molar-refractivity contribution is 5.69. The SMILES string of the molecule is CCCCC(=O)OC1CCC2OC12. The first-order valence-corrected chi connectivity index (χ1v) is 5.16. The van der Waals surface area contributed by atoms with E-state index in [1.54, 1.807) is 0 Å². The quantitative estimate of drug-likeness (QED) is 0.492. The minimum Gasteiger partial charge on any atom is -0.459 e. The maximum atomic E-state index is 11.2. The number of hydrogen-bond acceptors (Lipinski definition) is 3. The molecule has 0 radical (unpaired) electrons. The van der Waals surface area contributed by atoms with Gasteiger partial charge in [-0.1, -0.05) is 13.3 Å². The van der Waals surface area contributed by atoms with Crippen LogP contribution in [0.4, 0.5) is 0 Å². The molecule has 1 aliphatic heterocycles. The van der Waals surface area contributed by atoms with Gasteiger partial charge in [0.1, 0.15) is 12.2 Å². The van der Waals surface area contributed by atoms with Crippen LogP contribution in [0.5, 0.6) is 0 Å². The molecule has 3 atom stereocenters. The standard InChI is InChI=1S/C10H16O3/c1-2-3-4-9(11)12-7-5-6-8-10(7)13-8/h7-8,10H,2-6H2,1H3. The fourth-order valence-corrected chi connectivity index (χ4v) is 1.88. The van der Waals surface area contributed by atoms with Crippen LogP contribution in [0.2, 0.25) is 0 Å². The van der Waals surface area contributed by atoms with Crippen molar-refractivity contribution in [2.24, 2.45) is 0 Å². The predicted molar refractivity (Wildman–Crippen MR) is 47.3 cm³/mol. The highest BCUT2D eigenvalue weighted by Gasteiger charge is 2.52. The van der Waals surface area contributed by atoms with E-state index in [9.17, 15) is 4.79 Å². The summed E-state index contributed by atoms with van der Waals surface area (Å²) >= 11 is 0. The van der Waals surface area contributed by atoms with Gasteiger partial charge < -0.3 is 9.47 Å². The topological polar surface area (TPSA) is 38.8 Å². The molecule has 74 valence electrons. The smallest absolute Gasteiger partial charge is 0.306 e. The van der Waals surface area contributed by atoms with Gasteiger partial charge in [-0.05, 0) is 19.3 Å². The van der Waals surface area contributed by atoms with Gasteiger partial charge in [0.05, 0.1) is 6.10 Å². The average molecular weight is 184 g/mol. The highest BCUT2D eigenvalue weighted by Crippen LogP contribution is 2.40. The molecular formula is C10H16O3. The summed E-state index contributed by atoms with van der Waals surface area (Å²) in [5.41, 5.74) is 0. The molecule has 0 amide bonds. The molecule has 1 saturated carbocycles. The van der Waals surface area contributed by atoms with Crippen molar-refractivity contribution in [3.8, 4) is 0 Å². The molecule has 2 aliphatic rings. The van der Waals surface area contributed by atoms with Crippen molar-refractivity contribution in [3.05, 3.63) is 0 Å². The number of carbonyl (C=O) groups excluding carboxylic acids is 1. The van der Waals surface area contributed by atoms with E-state index in [0.717, 1.165) is 25.7 Å². The van der Waals surface area contributed by atoms with Crippen LogP contribution in [-0.4, -0.2) is 24.3 Å². The Balaban J connectivity index is 1.68.